The van der Waals surface area contributed by atoms with Crippen molar-refractivity contribution in [3.63, 3.8) is 0 Å². The molecule has 0 saturated carbocycles. The molecular weight excluding hydrogens is 173 g/mol. The summed E-state index contributed by atoms with van der Waals surface area (Å²) in [6, 6.07) is 2.93. The molecule has 0 bridgehead atoms. The van der Waals surface area contributed by atoms with Crippen molar-refractivity contribution in [2.45, 2.75) is 20.5 Å². The van der Waals surface area contributed by atoms with Crippen LogP contribution in [-0.4, -0.2) is 4.92 Å². The van der Waals surface area contributed by atoms with Gasteiger partial charge in [-0.15, -0.1) is 0 Å². The molecule has 0 unspecified atom stereocenters. The molecule has 3 nitrogen and oxygen atoms in total. The van der Waals surface area contributed by atoms with Crippen LogP contribution in [0.15, 0.2) is 12.1 Å². The number of nitro groups is 1. The molecule has 0 radical (unpaired) electrons. The first-order chi connectivity index (χ1) is 6.06. The summed E-state index contributed by atoms with van der Waals surface area (Å²) in [5.74, 6) is 0. The summed E-state index contributed by atoms with van der Waals surface area (Å²) in [6.07, 6.45) is 0. The zero-order chi connectivity index (χ0) is 10.0. The van der Waals surface area contributed by atoms with Crippen LogP contribution in [-0.2, 0) is 6.67 Å². The van der Waals surface area contributed by atoms with Gasteiger partial charge in [0.15, 0.2) is 0 Å². The Bertz CT molecular complexity index is 350. The average molecular weight is 183 g/mol. The molecule has 0 aromatic heterocycles. The van der Waals surface area contributed by atoms with Crippen LogP contribution in [0.4, 0.5) is 10.1 Å². The zero-order valence-electron chi connectivity index (χ0n) is 7.50. The largest absolute Gasteiger partial charge is 0.275 e. The Labute approximate surface area is 75.3 Å². The summed E-state index contributed by atoms with van der Waals surface area (Å²) < 4.78 is 12.4. The van der Waals surface area contributed by atoms with Crippen molar-refractivity contribution in [1.82, 2.24) is 0 Å². The van der Waals surface area contributed by atoms with Crippen molar-refractivity contribution in [3.8, 4) is 0 Å². The molecule has 0 aliphatic rings. The van der Waals surface area contributed by atoms with E-state index in [1.54, 1.807) is 13.8 Å². The minimum absolute atomic E-state index is 0.134. The van der Waals surface area contributed by atoms with Gasteiger partial charge in [0.25, 0.3) is 5.69 Å². The summed E-state index contributed by atoms with van der Waals surface area (Å²) in [5, 5.41) is 10.5. The number of nitro benzene ring substituents is 1. The topological polar surface area (TPSA) is 43.1 Å². The highest BCUT2D eigenvalue weighted by Crippen LogP contribution is 2.23. The lowest BCUT2D eigenvalue weighted by molar-refractivity contribution is -0.385. The van der Waals surface area contributed by atoms with Gasteiger partial charge in [-0.3, -0.25) is 10.1 Å². The summed E-state index contributed by atoms with van der Waals surface area (Å²) in [4.78, 5) is 9.93. The minimum Gasteiger partial charge on any atom is -0.258 e. The van der Waals surface area contributed by atoms with Crippen LogP contribution in [0.25, 0.3) is 0 Å². The molecule has 4 heteroatoms. The molecule has 0 fully saturated rings. The fourth-order valence-corrected chi connectivity index (χ4v) is 1.14. The summed E-state index contributed by atoms with van der Waals surface area (Å²) in [5.41, 5.74) is 1.70. The molecule has 0 saturated heterocycles. The van der Waals surface area contributed by atoms with E-state index in [2.05, 4.69) is 0 Å². The molecule has 1 aromatic rings. The molecule has 1 rings (SSSR count). The van der Waals surface area contributed by atoms with Crippen LogP contribution in [0.1, 0.15) is 16.7 Å². The molecule has 0 spiro atoms. The van der Waals surface area contributed by atoms with Gasteiger partial charge in [0.2, 0.25) is 0 Å². The van der Waals surface area contributed by atoms with E-state index in [0.717, 1.165) is 11.1 Å². The molecule has 0 atom stereocenters. The zero-order valence-corrected chi connectivity index (χ0v) is 7.50. The summed E-state index contributed by atoms with van der Waals surface area (Å²) >= 11 is 0. The third-order valence-corrected chi connectivity index (χ3v) is 2.04. The molecule has 0 N–H and O–H groups in total. The Morgan fingerprint density at radius 3 is 2.38 bits per heavy atom. The van der Waals surface area contributed by atoms with E-state index in [0.29, 0.717) is 0 Å². The van der Waals surface area contributed by atoms with E-state index in [4.69, 9.17) is 0 Å². The standard InChI is InChI=1S/C9H10FNO2/c1-6-3-8(5-10)9(11(12)13)4-7(6)2/h3-4H,5H2,1-2H3. The SMILES string of the molecule is Cc1cc(CF)c([N+](=O)[O-])cc1C. The van der Waals surface area contributed by atoms with Gasteiger partial charge < -0.3 is 0 Å². The monoisotopic (exact) mass is 183 g/mol. The highest BCUT2D eigenvalue weighted by molar-refractivity contribution is 5.46. The Morgan fingerprint density at radius 2 is 1.92 bits per heavy atom. The number of nitrogens with zero attached hydrogens (tertiary/aromatic N) is 1. The quantitative estimate of drug-likeness (QED) is 0.522. The maximum atomic E-state index is 12.4. The van der Waals surface area contributed by atoms with Gasteiger partial charge >= 0.3 is 0 Å². The van der Waals surface area contributed by atoms with E-state index in [1.165, 1.54) is 12.1 Å². The molecule has 0 heterocycles. The third-order valence-electron chi connectivity index (χ3n) is 2.04. The number of halogens is 1. The highest BCUT2D eigenvalue weighted by atomic mass is 19.1. The molecule has 13 heavy (non-hydrogen) atoms. The van der Waals surface area contributed by atoms with Gasteiger partial charge in [-0.05, 0) is 31.0 Å². The molecule has 0 aliphatic heterocycles. The van der Waals surface area contributed by atoms with Gasteiger partial charge in [0, 0.05) is 6.07 Å². The Morgan fingerprint density at radius 1 is 1.38 bits per heavy atom. The Kier molecular flexibility index (Phi) is 2.60. The van der Waals surface area contributed by atoms with Crippen molar-refractivity contribution >= 4 is 5.69 Å². The predicted molar refractivity (Wildman–Crippen MR) is 47.4 cm³/mol. The second-order valence-electron chi connectivity index (χ2n) is 2.96. The molecule has 1 aromatic carbocycles. The number of alkyl halides is 1. The van der Waals surface area contributed by atoms with Gasteiger partial charge in [-0.25, -0.2) is 4.39 Å². The minimum atomic E-state index is -0.794. The number of hydrogen-bond donors (Lipinski definition) is 0. The van der Waals surface area contributed by atoms with E-state index in [1.807, 2.05) is 0 Å². The molecular formula is C9H10FNO2. The lowest BCUT2D eigenvalue weighted by Gasteiger charge is -2.03. The number of rotatable bonds is 2. The Balaban J connectivity index is 3.33. The van der Waals surface area contributed by atoms with Gasteiger partial charge in [-0.1, -0.05) is 0 Å². The van der Waals surface area contributed by atoms with Crippen molar-refractivity contribution in [2.75, 3.05) is 0 Å². The second kappa shape index (κ2) is 3.51. The van der Waals surface area contributed by atoms with Crippen molar-refractivity contribution in [2.24, 2.45) is 0 Å². The maximum Gasteiger partial charge on any atom is 0.275 e. The van der Waals surface area contributed by atoms with Crippen LogP contribution < -0.4 is 0 Å². The van der Waals surface area contributed by atoms with Crippen LogP contribution in [0.2, 0.25) is 0 Å². The predicted octanol–water partition coefficient (Wildman–Crippen LogP) is 2.68. The van der Waals surface area contributed by atoms with Crippen LogP contribution in [0, 0.1) is 24.0 Å². The van der Waals surface area contributed by atoms with Crippen LogP contribution >= 0.6 is 0 Å². The smallest absolute Gasteiger partial charge is 0.258 e. The first kappa shape index (κ1) is 9.64. The lowest BCUT2D eigenvalue weighted by atomic mass is 10.1. The average Bonchev–Trinajstić information content (AvgIpc) is 2.08. The van der Waals surface area contributed by atoms with Crippen molar-refractivity contribution in [1.29, 1.82) is 0 Å². The third kappa shape index (κ3) is 1.83. The fourth-order valence-electron chi connectivity index (χ4n) is 1.14. The van der Waals surface area contributed by atoms with E-state index >= 15 is 0 Å². The second-order valence-corrected chi connectivity index (χ2v) is 2.96. The van der Waals surface area contributed by atoms with E-state index in [-0.39, 0.29) is 11.3 Å². The molecule has 70 valence electrons. The first-order valence-corrected chi connectivity index (χ1v) is 3.86. The fraction of sp³-hybridized carbons (Fsp3) is 0.333. The van der Waals surface area contributed by atoms with Gasteiger partial charge in [0.1, 0.15) is 6.67 Å². The number of hydrogen-bond acceptors (Lipinski definition) is 2. The van der Waals surface area contributed by atoms with Gasteiger partial charge in [-0.2, -0.15) is 0 Å². The van der Waals surface area contributed by atoms with Crippen LogP contribution in [0.3, 0.4) is 0 Å². The highest BCUT2D eigenvalue weighted by Gasteiger charge is 2.14. The summed E-state index contributed by atoms with van der Waals surface area (Å²) in [6.45, 7) is 2.78. The van der Waals surface area contributed by atoms with E-state index in [9.17, 15) is 14.5 Å². The van der Waals surface area contributed by atoms with Gasteiger partial charge in [0.05, 0.1) is 10.5 Å². The van der Waals surface area contributed by atoms with Crippen molar-refractivity contribution < 1.29 is 9.31 Å². The summed E-state index contributed by atoms with van der Waals surface area (Å²) in [7, 11) is 0. The van der Waals surface area contributed by atoms with Crippen LogP contribution in [0.5, 0.6) is 0 Å². The number of aryl methyl sites for hydroxylation is 2. The van der Waals surface area contributed by atoms with E-state index < -0.39 is 11.6 Å². The maximum absolute atomic E-state index is 12.4. The molecule has 0 aliphatic carbocycles. The normalized spacial score (nSPS) is 10.1. The lowest BCUT2D eigenvalue weighted by Crippen LogP contribution is -1.96. The Hall–Kier alpha value is -1.45. The van der Waals surface area contributed by atoms with Crippen molar-refractivity contribution in [3.05, 3.63) is 38.9 Å². The molecule has 0 amide bonds. The first-order valence-electron chi connectivity index (χ1n) is 3.86. The number of benzene rings is 1.